The van der Waals surface area contributed by atoms with Gasteiger partial charge in [0, 0.05) is 5.41 Å². The summed E-state index contributed by atoms with van der Waals surface area (Å²) in [4.78, 5) is 0. The molecule has 3 aliphatic rings. The Kier molecular flexibility index (Phi) is 2.04. The van der Waals surface area contributed by atoms with Crippen LogP contribution in [0.3, 0.4) is 0 Å². The summed E-state index contributed by atoms with van der Waals surface area (Å²) >= 11 is 0. The fourth-order valence-corrected chi connectivity index (χ4v) is 3.83. The van der Waals surface area contributed by atoms with E-state index < -0.39 is 0 Å². The van der Waals surface area contributed by atoms with Crippen LogP contribution >= 0.6 is 0 Å². The zero-order valence-electron chi connectivity index (χ0n) is 8.91. The van der Waals surface area contributed by atoms with Gasteiger partial charge in [-0.15, -0.1) is 0 Å². The van der Waals surface area contributed by atoms with Crippen molar-refractivity contribution < 1.29 is 0 Å². The Hall–Kier alpha value is -0.520. The zero-order chi connectivity index (χ0) is 9.43. The Morgan fingerprint density at radius 1 is 0.857 bits per heavy atom. The summed E-state index contributed by atoms with van der Waals surface area (Å²) in [6.07, 6.45) is 19.8. The van der Waals surface area contributed by atoms with E-state index in [4.69, 9.17) is 0 Å². The molecule has 0 saturated heterocycles. The lowest BCUT2D eigenvalue weighted by Gasteiger charge is -2.43. The molecule has 2 fully saturated rings. The SMILES string of the molecule is C1=CC2(C=C1)CCC1CCCCC1C2. The number of hydrogen-bond acceptors (Lipinski definition) is 0. The predicted octanol–water partition coefficient (Wildman–Crippen LogP) is 4.09. The van der Waals surface area contributed by atoms with Crippen LogP contribution in [0.1, 0.15) is 44.9 Å². The summed E-state index contributed by atoms with van der Waals surface area (Å²) in [5.41, 5.74) is 0.499. The summed E-state index contributed by atoms with van der Waals surface area (Å²) in [6.45, 7) is 0. The van der Waals surface area contributed by atoms with Crippen LogP contribution in [0.2, 0.25) is 0 Å². The van der Waals surface area contributed by atoms with Crippen LogP contribution in [0.5, 0.6) is 0 Å². The average Bonchev–Trinajstić information content (AvgIpc) is 2.66. The first-order valence-corrected chi connectivity index (χ1v) is 6.25. The van der Waals surface area contributed by atoms with Crippen molar-refractivity contribution in [3.05, 3.63) is 24.3 Å². The van der Waals surface area contributed by atoms with Crippen molar-refractivity contribution in [2.24, 2.45) is 17.3 Å². The Labute approximate surface area is 87.1 Å². The van der Waals surface area contributed by atoms with Gasteiger partial charge in [0.2, 0.25) is 0 Å². The normalized spacial score (nSPS) is 38.9. The minimum absolute atomic E-state index is 0.499. The molecule has 1 spiro atoms. The summed E-state index contributed by atoms with van der Waals surface area (Å²) in [6, 6.07) is 0. The van der Waals surface area contributed by atoms with Crippen LogP contribution in [-0.4, -0.2) is 0 Å². The van der Waals surface area contributed by atoms with E-state index in [9.17, 15) is 0 Å². The largest absolute Gasteiger partial charge is 0.0745 e. The van der Waals surface area contributed by atoms with Crippen molar-refractivity contribution in [1.82, 2.24) is 0 Å². The standard InChI is InChI=1S/C14H20/c1-2-6-13-11-14(8-3-4-9-14)10-7-12(13)5-1/h3-4,8-9,12-13H,1-2,5-7,10-11H2. The third kappa shape index (κ3) is 1.36. The molecule has 0 aromatic carbocycles. The first-order chi connectivity index (χ1) is 6.88. The Balaban J connectivity index is 1.77. The topological polar surface area (TPSA) is 0 Å². The summed E-state index contributed by atoms with van der Waals surface area (Å²) in [5, 5.41) is 0. The van der Waals surface area contributed by atoms with Crippen molar-refractivity contribution in [3.8, 4) is 0 Å². The maximum absolute atomic E-state index is 2.46. The Morgan fingerprint density at radius 3 is 2.36 bits per heavy atom. The van der Waals surface area contributed by atoms with Gasteiger partial charge in [0.05, 0.1) is 0 Å². The fourth-order valence-electron chi connectivity index (χ4n) is 3.83. The van der Waals surface area contributed by atoms with E-state index in [2.05, 4.69) is 24.3 Å². The summed E-state index contributed by atoms with van der Waals surface area (Å²) in [5.74, 6) is 2.13. The van der Waals surface area contributed by atoms with Gasteiger partial charge >= 0.3 is 0 Å². The van der Waals surface area contributed by atoms with Gasteiger partial charge in [-0.3, -0.25) is 0 Å². The van der Waals surface area contributed by atoms with Gasteiger partial charge in [0.25, 0.3) is 0 Å². The summed E-state index contributed by atoms with van der Waals surface area (Å²) < 4.78 is 0. The maximum atomic E-state index is 2.46. The van der Waals surface area contributed by atoms with Gasteiger partial charge < -0.3 is 0 Å². The van der Waals surface area contributed by atoms with E-state index in [1.807, 2.05) is 0 Å². The van der Waals surface area contributed by atoms with Gasteiger partial charge in [-0.2, -0.15) is 0 Å². The lowest BCUT2D eigenvalue weighted by molar-refractivity contribution is 0.116. The highest BCUT2D eigenvalue weighted by Crippen LogP contribution is 2.50. The molecule has 3 rings (SSSR count). The maximum Gasteiger partial charge on any atom is 0.00700 e. The van der Waals surface area contributed by atoms with Crippen LogP contribution in [0.25, 0.3) is 0 Å². The Morgan fingerprint density at radius 2 is 1.57 bits per heavy atom. The Bertz CT molecular complexity index is 260. The lowest BCUT2D eigenvalue weighted by atomic mass is 9.62. The molecule has 0 aliphatic heterocycles. The van der Waals surface area contributed by atoms with Crippen LogP contribution < -0.4 is 0 Å². The monoisotopic (exact) mass is 188 g/mol. The molecule has 0 amide bonds. The fraction of sp³-hybridized carbons (Fsp3) is 0.714. The molecule has 2 saturated carbocycles. The molecule has 76 valence electrons. The van der Waals surface area contributed by atoms with E-state index >= 15 is 0 Å². The number of hydrogen-bond donors (Lipinski definition) is 0. The lowest BCUT2D eigenvalue weighted by Crippen LogP contribution is -2.32. The molecule has 0 nitrogen and oxygen atoms in total. The second-order valence-electron chi connectivity index (χ2n) is 5.50. The molecule has 0 aromatic heterocycles. The molecule has 14 heavy (non-hydrogen) atoms. The van der Waals surface area contributed by atoms with Crippen molar-refractivity contribution in [2.75, 3.05) is 0 Å². The minimum atomic E-state index is 0.499. The van der Waals surface area contributed by atoms with Crippen LogP contribution in [0.15, 0.2) is 24.3 Å². The second-order valence-corrected chi connectivity index (χ2v) is 5.50. The first kappa shape index (κ1) is 8.76. The number of rotatable bonds is 0. The highest BCUT2D eigenvalue weighted by Gasteiger charge is 2.39. The van der Waals surface area contributed by atoms with Gasteiger partial charge in [0.15, 0.2) is 0 Å². The molecule has 0 heteroatoms. The number of allylic oxidation sites excluding steroid dienone is 4. The van der Waals surface area contributed by atoms with Crippen LogP contribution in [0, 0.1) is 17.3 Å². The van der Waals surface area contributed by atoms with Crippen LogP contribution in [-0.2, 0) is 0 Å². The van der Waals surface area contributed by atoms with Crippen molar-refractivity contribution in [1.29, 1.82) is 0 Å². The molecule has 0 aromatic rings. The smallest absolute Gasteiger partial charge is 0.00700 e. The zero-order valence-corrected chi connectivity index (χ0v) is 8.91. The third-order valence-corrected chi connectivity index (χ3v) is 4.66. The quantitative estimate of drug-likeness (QED) is 0.537. The van der Waals surface area contributed by atoms with Crippen molar-refractivity contribution in [2.45, 2.75) is 44.9 Å². The molecular formula is C14H20. The van der Waals surface area contributed by atoms with E-state index in [1.54, 1.807) is 0 Å². The third-order valence-electron chi connectivity index (χ3n) is 4.66. The molecule has 0 N–H and O–H groups in total. The van der Waals surface area contributed by atoms with Gasteiger partial charge in [-0.1, -0.05) is 50.0 Å². The van der Waals surface area contributed by atoms with Crippen molar-refractivity contribution >= 4 is 0 Å². The van der Waals surface area contributed by atoms with Gasteiger partial charge in [-0.05, 0) is 31.1 Å². The first-order valence-electron chi connectivity index (χ1n) is 6.25. The second kappa shape index (κ2) is 3.25. The highest BCUT2D eigenvalue weighted by molar-refractivity contribution is 5.26. The molecule has 0 heterocycles. The van der Waals surface area contributed by atoms with E-state index in [0.29, 0.717) is 5.41 Å². The van der Waals surface area contributed by atoms with Crippen LogP contribution in [0.4, 0.5) is 0 Å². The van der Waals surface area contributed by atoms with E-state index in [1.165, 1.54) is 44.9 Å². The molecule has 0 bridgehead atoms. The minimum Gasteiger partial charge on any atom is -0.0745 e. The molecule has 0 radical (unpaired) electrons. The van der Waals surface area contributed by atoms with Gasteiger partial charge in [0.1, 0.15) is 0 Å². The molecule has 2 unspecified atom stereocenters. The van der Waals surface area contributed by atoms with E-state index in [0.717, 1.165) is 11.8 Å². The average molecular weight is 188 g/mol. The van der Waals surface area contributed by atoms with Crippen molar-refractivity contribution in [3.63, 3.8) is 0 Å². The summed E-state index contributed by atoms with van der Waals surface area (Å²) in [7, 11) is 0. The van der Waals surface area contributed by atoms with Gasteiger partial charge in [-0.25, -0.2) is 0 Å². The number of fused-ring (bicyclic) bond motifs is 1. The molecule has 2 atom stereocenters. The highest BCUT2D eigenvalue weighted by atomic mass is 14.4. The van der Waals surface area contributed by atoms with E-state index in [-0.39, 0.29) is 0 Å². The predicted molar refractivity (Wildman–Crippen MR) is 60.0 cm³/mol. The molecule has 3 aliphatic carbocycles. The molecular weight excluding hydrogens is 168 g/mol.